The number of nitrogens with one attached hydrogen (secondary N) is 1. The van der Waals surface area contributed by atoms with E-state index in [9.17, 15) is 4.79 Å². The molecule has 0 radical (unpaired) electrons. The maximum atomic E-state index is 12.1. The molecule has 3 heterocycles. The number of rotatable bonds is 3. The summed E-state index contributed by atoms with van der Waals surface area (Å²) in [5.41, 5.74) is 0.436. The first-order valence-corrected chi connectivity index (χ1v) is 8.34. The zero-order chi connectivity index (χ0) is 16.6. The molecule has 1 aromatic rings. The predicted octanol–water partition coefficient (Wildman–Crippen LogP) is 3.23. The van der Waals surface area contributed by atoms with Crippen LogP contribution in [0.3, 0.4) is 0 Å². The molecule has 3 fully saturated rings. The minimum atomic E-state index is -0.476. The molecule has 0 spiro atoms. The van der Waals surface area contributed by atoms with Crippen LogP contribution >= 0.6 is 0 Å². The van der Waals surface area contributed by atoms with Gasteiger partial charge in [-0.05, 0) is 64.2 Å². The number of fused-ring (bicyclic) bond motifs is 3. The number of amides is 1. The van der Waals surface area contributed by atoms with Gasteiger partial charge in [-0.15, -0.1) is 0 Å². The van der Waals surface area contributed by atoms with Gasteiger partial charge in [0, 0.05) is 18.8 Å². The highest BCUT2D eigenvalue weighted by molar-refractivity contribution is 5.69. The Bertz CT molecular complexity index is 541. The van der Waals surface area contributed by atoms with Crippen LogP contribution in [0.2, 0.25) is 0 Å². The molecule has 0 unspecified atom stereocenters. The molecule has 1 N–H and O–H groups in total. The highest BCUT2D eigenvalue weighted by atomic mass is 16.6. The molecule has 1 aliphatic carbocycles. The Kier molecular flexibility index (Phi) is 4.08. The van der Waals surface area contributed by atoms with E-state index in [-0.39, 0.29) is 17.2 Å². The Morgan fingerprint density at radius 2 is 1.91 bits per heavy atom. The van der Waals surface area contributed by atoms with Crippen LogP contribution in [0.15, 0.2) is 24.5 Å². The van der Waals surface area contributed by atoms with Gasteiger partial charge >= 0.3 is 6.09 Å². The second kappa shape index (κ2) is 5.78. The lowest BCUT2D eigenvalue weighted by Crippen LogP contribution is -2.63. The van der Waals surface area contributed by atoms with Gasteiger partial charge in [-0.2, -0.15) is 0 Å². The summed E-state index contributed by atoms with van der Waals surface area (Å²) in [7, 11) is 0. The van der Waals surface area contributed by atoms with Crippen LogP contribution in [0.25, 0.3) is 0 Å². The summed E-state index contributed by atoms with van der Waals surface area (Å²) in [5, 5.41) is 3.06. The Hall–Kier alpha value is -1.62. The molecule has 5 heteroatoms. The lowest BCUT2D eigenvalue weighted by atomic mass is 9.69. The molecule has 1 amide bonds. The average Bonchev–Trinajstić information content (AvgIpc) is 2.48. The van der Waals surface area contributed by atoms with E-state index in [0.29, 0.717) is 6.61 Å². The average molecular weight is 318 g/mol. The van der Waals surface area contributed by atoms with E-state index in [2.05, 4.69) is 10.3 Å². The van der Waals surface area contributed by atoms with E-state index in [4.69, 9.17) is 9.47 Å². The van der Waals surface area contributed by atoms with Crippen molar-refractivity contribution in [1.82, 2.24) is 10.3 Å². The highest BCUT2D eigenvalue weighted by Gasteiger charge is 2.50. The minimum absolute atomic E-state index is 0.0846. The van der Waals surface area contributed by atoms with Gasteiger partial charge in [0.15, 0.2) is 0 Å². The molecular formula is C18H26N2O3. The normalized spacial score (nSPS) is 30.0. The Morgan fingerprint density at radius 3 is 2.43 bits per heavy atom. The second-order valence-corrected chi connectivity index (χ2v) is 7.91. The molecule has 1 aromatic heterocycles. The molecule has 2 aliphatic heterocycles. The summed E-state index contributed by atoms with van der Waals surface area (Å²) in [4.78, 5) is 16.2. The fourth-order valence-electron chi connectivity index (χ4n) is 3.55. The van der Waals surface area contributed by atoms with Gasteiger partial charge in [-0.25, -0.2) is 4.79 Å². The highest BCUT2D eigenvalue weighted by Crippen LogP contribution is 2.45. The second-order valence-electron chi connectivity index (χ2n) is 7.91. The molecule has 0 atom stereocenters. The fourth-order valence-corrected chi connectivity index (χ4v) is 3.55. The summed E-state index contributed by atoms with van der Waals surface area (Å²) >= 11 is 0. The van der Waals surface area contributed by atoms with Gasteiger partial charge in [0.1, 0.15) is 5.60 Å². The maximum absolute atomic E-state index is 12.1. The van der Waals surface area contributed by atoms with Crippen molar-refractivity contribution in [2.75, 3.05) is 6.61 Å². The number of carbonyl (C=O) groups is 1. The Morgan fingerprint density at radius 1 is 1.26 bits per heavy atom. The summed E-state index contributed by atoms with van der Waals surface area (Å²) < 4.78 is 11.6. The smallest absolute Gasteiger partial charge is 0.408 e. The molecule has 0 aromatic carbocycles. The van der Waals surface area contributed by atoms with Crippen molar-refractivity contribution < 1.29 is 14.3 Å². The molecular weight excluding hydrogens is 292 g/mol. The summed E-state index contributed by atoms with van der Waals surface area (Å²) in [6.07, 6.45) is 8.03. The van der Waals surface area contributed by atoms with Crippen molar-refractivity contribution in [2.45, 2.75) is 69.6 Å². The van der Waals surface area contributed by atoms with Crippen molar-refractivity contribution in [3.8, 4) is 0 Å². The molecule has 126 valence electrons. The first kappa shape index (κ1) is 16.2. The molecule has 2 bridgehead atoms. The summed E-state index contributed by atoms with van der Waals surface area (Å²) in [6, 6.07) is 4.10. The van der Waals surface area contributed by atoms with E-state index in [1.165, 1.54) is 5.56 Å². The van der Waals surface area contributed by atoms with Crippen molar-refractivity contribution in [3.05, 3.63) is 30.1 Å². The van der Waals surface area contributed by atoms with E-state index in [1.807, 2.05) is 45.3 Å². The van der Waals surface area contributed by atoms with E-state index in [0.717, 1.165) is 32.1 Å². The lowest BCUT2D eigenvalue weighted by molar-refractivity contribution is -0.160. The maximum Gasteiger partial charge on any atom is 0.408 e. The SMILES string of the molecule is CC(C)(C)OC(=O)NC12CCC(Cc3ccncc3)(CC1)OC2. The number of pyridine rings is 1. The van der Waals surface area contributed by atoms with Crippen LogP contribution in [-0.2, 0) is 15.9 Å². The number of nitrogens with zero attached hydrogens (tertiary/aromatic N) is 1. The van der Waals surface area contributed by atoms with E-state index >= 15 is 0 Å². The van der Waals surface area contributed by atoms with Gasteiger partial charge in [0.25, 0.3) is 0 Å². The van der Waals surface area contributed by atoms with Crippen molar-refractivity contribution >= 4 is 6.09 Å². The van der Waals surface area contributed by atoms with Crippen molar-refractivity contribution in [2.24, 2.45) is 0 Å². The first-order chi connectivity index (χ1) is 10.8. The minimum Gasteiger partial charge on any atom is -0.444 e. The monoisotopic (exact) mass is 318 g/mol. The van der Waals surface area contributed by atoms with Crippen LogP contribution in [0.4, 0.5) is 4.79 Å². The molecule has 3 aliphatic rings. The number of aromatic nitrogens is 1. The summed E-state index contributed by atoms with van der Waals surface area (Å²) in [5.74, 6) is 0. The van der Waals surface area contributed by atoms with Gasteiger partial charge < -0.3 is 14.8 Å². The topological polar surface area (TPSA) is 60.5 Å². The fraction of sp³-hybridized carbons (Fsp3) is 0.667. The number of hydrogen-bond donors (Lipinski definition) is 1. The zero-order valence-corrected chi connectivity index (χ0v) is 14.2. The summed E-state index contributed by atoms with van der Waals surface area (Å²) in [6.45, 7) is 6.20. The molecule has 4 rings (SSSR count). The van der Waals surface area contributed by atoms with Gasteiger partial charge in [0.05, 0.1) is 17.7 Å². The van der Waals surface area contributed by atoms with Crippen LogP contribution in [0.1, 0.15) is 52.0 Å². The van der Waals surface area contributed by atoms with Gasteiger partial charge in [-0.1, -0.05) is 0 Å². The largest absolute Gasteiger partial charge is 0.444 e. The van der Waals surface area contributed by atoms with E-state index < -0.39 is 5.60 Å². The van der Waals surface area contributed by atoms with Crippen molar-refractivity contribution in [1.29, 1.82) is 0 Å². The van der Waals surface area contributed by atoms with Crippen LogP contribution < -0.4 is 5.32 Å². The van der Waals surface area contributed by atoms with Crippen LogP contribution in [0, 0.1) is 0 Å². The number of carbonyl (C=O) groups excluding carboxylic acids is 1. The predicted molar refractivity (Wildman–Crippen MR) is 87.2 cm³/mol. The van der Waals surface area contributed by atoms with Gasteiger partial charge in [0.2, 0.25) is 0 Å². The Labute approximate surface area is 137 Å². The Balaban J connectivity index is 1.60. The molecule has 1 saturated carbocycles. The third-order valence-electron chi connectivity index (χ3n) is 4.81. The standard InChI is InChI=1S/C18H26N2O3/c1-16(2,3)23-15(21)20-17-6-8-18(9-7-17,22-13-17)12-14-4-10-19-11-5-14/h4-5,10-11H,6-9,12-13H2,1-3H3,(H,20,21). The lowest BCUT2D eigenvalue weighted by Gasteiger charge is -2.53. The van der Waals surface area contributed by atoms with Crippen LogP contribution in [0.5, 0.6) is 0 Å². The number of ether oxygens (including phenoxy) is 2. The van der Waals surface area contributed by atoms with E-state index in [1.54, 1.807) is 0 Å². The molecule has 5 nitrogen and oxygen atoms in total. The van der Waals surface area contributed by atoms with Gasteiger partial charge in [-0.3, -0.25) is 4.98 Å². The third kappa shape index (κ3) is 3.83. The number of alkyl carbamates (subject to hydrolysis) is 1. The number of hydrogen-bond acceptors (Lipinski definition) is 4. The molecule has 2 saturated heterocycles. The van der Waals surface area contributed by atoms with Crippen molar-refractivity contribution in [3.63, 3.8) is 0 Å². The van der Waals surface area contributed by atoms with Crippen LogP contribution in [-0.4, -0.2) is 34.4 Å². The third-order valence-corrected chi connectivity index (χ3v) is 4.81. The quantitative estimate of drug-likeness (QED) is 0.929. The first-order valence-electron chi connectivity index (χ1n) is 8.34. The zero-order valence-electron chi connectivity index (χ0n) is 14.2. The molecule has 23 heavy (non-hydrogen) atoms.